The molecule has 0 heterocycles. The van der Waals surface area contributed by atoms with Crippen LogP contribution in [0.2, 0.25) is 0 Å². The second-order valence-electron chi connectivity index (χ2n) is 4.50. The highest BCUT2D eigenvalue weighted by atomic mass is 16.5. The van der Waals surface area contributed by atoms with Gasteiger partial charge in [0.1, 0.15) is 6.10 Å². The smallest absolute Gasteiger partial charge is 0.303 e. The number of benzene rings is 1. The summed E-state index contributed by atoms with van der Waals surface area (Å²) in [4.78, 5) is 11.1. The highest BCUT2D eigenvalue weighted by molar-refractivity contribution is 5.66. The quantitative estimate of drug-likeness (QED) is 0.555. The number of hydrogen-bond donors (Lipinski definition) is 0. The lowest BCUT2D eigenvalue weighted by Crippen LogP contribution is -2.08. The molecule has 19 heavy (non-hydrogen) atoms. The Morgan fingerprint density at radius 1 is 1.21 bits per heavy atom. The van der Waals surface area contributed by atoms with Crippen molar-refractivity contribution < 1.29 is 14.3 Å². The molecule has 0 unspecified atom stereocenters. The van der Waals surface area contributed by atoms with Crippen LogP contribution in [-0.4, -0.2) is 19.2 Å². The third-order valence-electron chi connectivity index (χ3n) is 2.87. The second-order valence-corrected chi connectivity index (χ2v) is 4.50. The molecule has 3 heteroatoms. The van der Waals surface area contributed by atoms with Gasteiger partial charge in [-0.1, -0.05) is 42.5 Å². The fraction of sp³-hybridized carbons (Fsp3) is 0.438. The van der Waals surface area contributed by atoms with Gasteiger partial charge in [0.2, 0.25) is 0 Å². The van der Waals surface area contributed by atoms with E-state index in [-0.39, 0.29) is 18.2 Å². The lowest BCUT2D eigenvalue weighted by atomic mass is 10.1. The maximum absolute atomic E-state index is 11.1. The molecule has 1 aromatic carbocycles. The maximum atomic E-state index is 11.1. The van der Waals surface area contributed by atoms with E-state index in [1.54, 1.807) is 7.11 Å². The fourth-order valence-electron chi connectivity index (χ4n) is 1.72. The molecule has 104 valence electrons. The normalized spacial score (nSPS) is 14.3. The first-order chi connectivity index (χ1) is 9.13. The maximum Gasteiger partial charge on any atom is 0.303 e. The Kier molecular flexibility index (Phi) is 6.90. The van der Waals surface area contributed by atoms with Crippen molar-refractivity contribution in [2.24, 2.45) is 0 Å². The minimum Gasteiger partial charge on any atom is -0.457 e. The molecular formula is C16H22O3. The molecule has 0 aliphatic carbocycles. The lowest BCUT2D eigenvalue weighted by molar-refractivity contribution is -0.146. The van der Waals surface area contributed by atoms with Crippen molar-refractivity contribution >= 4 is 5.97 Å². The van der Waals surface area contributed by atoms with E-state index in [9.17, 15) is 4.79 Å². The molecule has 3 nitrogen and oxygen atoms in total. The molecule has 0 aliphatic rings. The van der Waals surface area contributed by atoms with E-state index in [0.29, 0.717) is 6.42 Å². The Bertz CT molecular complexity index is 398. The van der Waals surface area contributed by atoms with E-state index < -0.39 is 0 Å². The van der Waals surface area contributed by atoms with Crippen LogP contribution < -0.4 is 0 Å². The SMILES string of the molecule is CO[C@H](C)C/C=C\C[C@@H](OC(C)=O)c1ccccc1. The van der Waals surface area contributed by atoms with E-state index in [4.69, 9.17) is 9.47 Å². The van der Waals surface area contributed by atoms with Gasteiger partial charge >= 0.3 is 5.97 Å². The minimum absolute atomic E-state index is 0.208. The fourth-order valence-corrected chi connectivity index (χ4v) is 1.72. The first-order valence-corrected chi connectivity index (χ1v) is 6.53. The van der Waals surface area contributed by atoms with Gasteiger partial charge in [-0.2, -0.15) is 0 Å². The molecule has 1 aromatic rings. The molecule has 0 saturated carbocycles. The van der Waals surface area contributed by atoms with Crippen LogP contribution in [0.3, 0.4) is 0 Å². The summed E-state index contributed by atoms with van der Waals surface area (Å²) < 4.78 is 10.5. The average Bonchev–Trinajstić information content (AvgIpc) is 2.42. The monoisotopic (exact) mass is 262 g/mol. The van der Waals surface area contributed by atoms with Crippen LogP contribution in [0.4, 0.5) is 0 Å². The molecule has 0 N–H and O–H groups in total. The van der Waals surface area contributed by atoms with Gasteiger partial charge in [0.15, 0.2) is 0 Å². The standard InChI is InChI=1S/C16H22O3/c1-13(18-3)9-7-8-12-16(19-14(2)17)15-10-5-4-6-11-15/h4-8,10-11,13,16H,9,12H2,1-3H3/b8-7-/t13-,16-/m1/s1. The zero-order chi connectivity index (χ0) is 14.1. The van der Waals surface area contributed by atoms with Gasteiger partial charge in [-0.15, -0.1) is 0 Å². The highest BCUT2D eigenvalue weighted by Crippen LogP contribution is 2.21. The van der Waals surface area contributed by atoms with E-state index in [1.165, 1.54) is 6.92 Å². The van der Waals surface area contributed by atoms with Crippen LogP contribution in [0.1, 0.15) is 38.4 Å². The van der Waals surface area contributed by atoms with Crippen molar-refractivity contribution in [3.05, 3.63) is 48.0 Å². The van der Waals surface area contributed by atoms with Crippen molar-refractivity contribution in [3.8, 4) is 0 Å². The Hall–Kier alpha value is -1.61. The largest absolute Gasteiger partial charge is 0.457 e. The first-order valence-electron chi connectivity index (χ1n) is 6.53. The molecule has 0 saturated heterocycles. The zero-order valence-electron chi connectivity index (χ0n) is 11.8. The molecule has 0 spiro atoms. The van der Waals surface area contributed by atoms with Gasteiger partial charge in [-0.25, -0.2) is 0 Å². The minimum atomic E-state index is -0.257. The van der Waals surface area contributed by atoms with Crippen LogP contribution >= 0.6 is 0 Å². The first kappa shape index (κ1) is 15.4. The van der Waals surface area contributed by atoms with Gasteiger partial charge in [-0.3, -0.25) is 4.79 Å². The molecule has 0 aromatic heterocycles. The van der Waals surface area contributed by atoms with Crippen LogP contribution in [0.15, 0.2) is 42.5 Å². The lowest BCUT2D eigenvalue weighted by Gasteiger charge is -2.15. The van der Waals surface area contributed by atoms with Crippen LogP contribution in [0.5, 0.6) is 0 Å². The summed E-state index contributed by atoms with van der Waals surface area (Å²) in [6, 6.07) is 9.79. The van der Waals surface area contributed by atoms with Crippen molar-refractivity contribution in [3.63, 3.8) is 0 Å². The number of methoxy groups -OCH3 is 1. The Labute approximate surface area is 115 Å². The Balaban J connectivity index is 2.58. The second kappa shape index (κ2) is 8.48. The van der Waals surface area contributed by atoms with E-state index in [0.717, 1.165) is 12.0 Å². The zero-order valence-corrected chi connectivity index (χ0v) is 11.8. The highest BCUT2D eigenvalue weighted by Gasteiger charge is 2.12. The van der Waals surface area contributed by atoms with Gasteiger partial charge < -0.3 is 9.47 Å². The van der Waals surface area contributed by atoms with Crippen molar-refractivity contribution in [2.75, 3.05) is 7.11 Å². The molecule has 0 radical (unpaired) electrons. The number of esters is 1. The van der Waals surface area contributed by atoms with Gasteiger partial charge in [0, 0.05) is 20.5 Å². The number of hydrogen-bond acceptors (Lipinski definition) is 3. The average molecular weight is 262 g/mol. The summed E-state index contributed by atoms with van der Waals surface area (Å²) in [6.45, 7) is 3.46. The van der Waals surface area contributed by atoms with Crippen molar-refractivity contribution in [1.29, 1.82) is 0 Å². The van der Waals surface area contributed by atoms with Crippen molar-refractivity contribution in [1.82, 2.24) is 0 Å². The van der Waals surface area contributed by atoms with Crippen LogP contribution in [-0.2, 0) is 14.3 Å². The molecule has 2 atom stereocenters. The summed E-state index contributed by atoms with van der Waals surface area (Å²) in [6.07, 6.45) is 5.63. The summed E-state index contributed by atoms with van der Waals surface area (Å²) in [5, 5.41) is 0. The number of ether oxygens (including phenoxy) is 2. The van der Waals surface area contributed by atoms with Gasteiger partial charge in [0.05, 0.1) is 6.10 Å². The topological polar surface area (TPSA) is 35.5 Å². The van der Waals surface area contributed by atoms with Gasteiger partial charge in [0.25, 0.3) is 0 Å². The summed E-state index contributed by atoms with van der Waals surface area (Å²) in [7, 11) is 1.70. The van der Waals surface area contributed by atoms with E-state index >= 15 is 0 Å². The molecule has 0 amide bonds. The number of carbonyl (C=O) groups excluding carboxylic acids is 1. The van der Waals surface area contributed by atoms with Crippen LogP contribution in [0.25, 0.3) is 0 Å². The molecule has 1 rings (SSSR count). The molecular weight excluding hydrogens is 240 g/mol. The van der Waals surface area contributed by atoms with E-state index in [1.807, 2.05) is 43.3 Å². The third-order valence-corrected chi connectivity index (χ3v) is 2.87. The number of carbonyl (C=O) groups is 1. The summed E-state index contributed by atoms with van der Waals surface area (Å²) in [5.41, 5.74) is 1.02. The third kappa shape index (κ3) is 6.20. The summed E-state index contributed by atoms with van der Waals surface area (Å²) in [5.74, 6) is -0.257. The van der Waals surface area contributed by atoms with Crippen molar-refractivity contribution in [2.45, 2.75) is 38.9 Å². The van der Waals surface area contributed by atoms with Crippen LogP contribution in [0, 0.1) is 0 Å². The molecule has 0 fully saturated rings. The predicted octanol–water partition coefficient (Wildman–Crippen LogP) is 3.66. The molecule has 0 bridgehead atoms. The van der Waals surface area contributed by atoms with Gasteiger partial charge in [-0.05, 0) is 18.9 Å². The summed E-state index contributed by atoms with van der Waals surface area (Å²) >= 11 is 0. The number of rotatable bonds is 7. The predicted molar refractivity (Wildman–Crippen MR) is 75.8 cm³/mol. The van der Waals surface area contributed by atoms with E-state index in [2.05, 4.69) is 6.08 Å². The Morgan fingerprint density at radius 2 is 1.84 bits per heavy atom. The Morgan fingerprint density at radius 3 is 2.42 bits per heavy atom. The molecule has 0 aliphatic heterocycles.